The summed E-state index contributed by atoms with van der Waals surface area (Å²) in [4.78, 5) is 10.7. The first-order chi connectivity index (χ1) is 10.7. The lowest BCUT2D eigenvalue weighted by Gasteiger charge is -2.21. The summed E-state index contributed by atoms with van der Waals surface area (Å²) in [5.74, 6) is 2.40. The second-order valence-electron chi connectivity index (χ2n) is 5.71. The lowest BCUT2D eigenvalue weighted by molar-refractivity contribution is 0.447. The summed E-state index contributed by atoms with van der Waals surface area (Å²) in [7, 11) is 5.73. The zero-order valence-electron chi connectivity index (χ0n) is 13.3. The van der Waals surface area contributed by atoms with Gasteiger partial charge in [-0.15, -0.1) is 0 Å². The van der Waals surface area contributed by atoms with Crippen molar-refractivity contribution in [1.29, 1.82) is 0 Å². The average molecular weight is 298 g/mol. The smallest absolute Gasteiger partial charge is 0.194 e. The van der Waals surface area contributed by atoms with Gasteiger partial charge in [0, 0.05) is 33.1 Å². The highest BCUT2D eigenvalue weighted by Crippen LogP contribution is 2.40. The molecule has 1 aliphatic rings. The zero-order chi connectivity index (χ0) is 15.5. The summed E-state index contributed by atoms with van der Waals surface area (Å²) >= 11 is 0. The number of guanidine groups is 1. The van der Waals surface area contributed by atoms with E-state index in [0.717, 1.165) is 18.2 Å². The van der Waals surface area contributed by atoms with Crippen molar-refractivity contribution >= 4 is 5.96 Å². The van der Waals surface area contributed by atoms with Gasteiger partial charge in [0.2, 0.25) is 0 Å². The molecule has 0 bridgehead atoms. The van der Waals surface area contributed by atoms with E-state index in [-0.39, 0.29) is 0 Å². The van der Waals surface area contributed by atoms with Gasteiger partial charge in [-0.25, -0.2) is 4.98 Å². The Kier molecular flexibility index (Phi) is 4.09. The van der Waals surface area contributed by atoms with Crippen LogP contribution < -0.4 is 5.32 Å². The van der Waals surface area contributed by atoms with E-state index in [1.165, 1.54) is 5.56 Å². The van der Waals surface area contributed by atoms with Crippen molar-refractivity contribution in [3.05, 3.63) is 48.0 Å². The number of aromatic nitrogens is 3. The van der Waals surface area contributed by atoms with Crippen molar-refractivity contribution < 1.29 is 0 Å². The normalized spacial score (nSPS) is 20.8. The molecular weight excluding hydrogens is 276 g/mol. The SMILES string of the molecule is CN=C(NC1CC1c1ccccc1)N(C)Cc1ncnn1C. The molecule has 2 aromatic rings. The van der Waals surface area contributed by atoms with Crippen LogP contribution in [0.4, 0.5) is 0 Å². The molecule has 0 amide bonds. The molecule has 2 atom stereocenters. The fraction of sp³-hybridized carbons (Fsp3) is 0.438. The Hall–Kier alpha value is -2.37. The van der Waals surface area contributed by atoms with E-state index >= 15 is 0 Å². The standard InChI is InChI=1S/C16H22N6/c1-17-16(21(2)10-15-18-11-19-22(15)3)20-14-9-13(14)12-7-5-4-6-8-12/h4-8,11,13-14H,9-10H2,1-3H3,(H,17,20). The molecule has 1 aromatic carbocycles. The number of nitrogens with one attached hydrogen (secondary N) is 1. The largest absolute Gasteiger partial charge is 0.353 e. The van der Waals surface area contributed by atoms with Gasteiger partial charge in [-0.3, -0.25) is 9.67 Å². The second kappa shape index (κ2) is 6.17. The van der Waals surface area contributed by atoms with Crippen molar-refractivity contribution in [2.45, 2.75) is 24.9 Å². The number of hydrogen-bond acceptors (Lipinski definition) is 3. The molecule has 0 spiro atoms. The van der Waals surface area contributed by atoms with Crippen LogP contribution in [-0.4, -0.2) is 45.8 Å². The molecule has 1 heterocycles. The Balaban J connectivity index is 1.58. The molecule has 1 fully saturated rings. The summed E-state index contributed by atoms with van der Waals surface area (Å²) in [5.41, 5.74) is 1.39. The van der Waals surface area contributed by atoms with Gasteiger partial charge < -0.3 is 10.2 Å². The van der Waals surface area contributed by atoms with Gasteiger partial charge in [0.05, 0.1) is 6.54 Å². The number of hydrogen-bond donors (Lipinski definition) is 1. The maximum Gasteiger partial charge on any atom is 0.194 e. The van der Waals surface area contributed by atoms with E-state index < -0.39 is 0 Å². The van der Waals surface area contributed by atoms with Crippen LogP contribution in [0.15, 0.2) is 41.7 Å². The number of rotatable bonds is 4. The van der Waals surface area contributed by atoms with Crippen LogP contribution in [0.2, 0.25) is 0 Å². The molecule has 0 saturated heterocycles. The number of aliphatic imine (C=N–C) groups is 1. The molecule has 1 aromatic heterocycles. The third-order valence-electron chi connectivity index (χ3n) is 4.09. The Bertz CT molecular complexity index is 648. The first-order valence-electron chi connectivity index (χ1n) is 7.51. The Labute approximate surface area is 130 Å². The van der Waals surface area contributed by atoms with Crippen molar-refractivity contribution in [3.8, 4) is 0 Å². The molecule has 6 nitrogen and oxygen atoms in total. The minimum atomic E-state index is 0.461. The molecule has 3 rings (SSSR count). The minimum absolute atomic E-state index is 0.461. The van der Waals surface area contributed by atoms with Crippen molar-refractivity contribution in [2.24, 2.45) is 12.0 Å². The van der Waals surface area contributed by atoms with Crippen LogP contribution in [0.5, 0.6) is 0 Å². The van der Waals surface area contributed by atoms with E-state index in [0.29, 0.717) is 18.5 Å². The van der Waals surface area contributed by atoms with Crippen molar-refractivity contribution in [3.63, 3.8) is 0 Å². The van der Waals surface area contributed by atoms with Gasteiger partial charge in [0.15, 0.2) is 5.96 Å². The lowest BCUT2D eigenvalue weighted by Crippen LogP contribution is -2.40. The van der Waals surface area contributed by atoms with Gasteiger partial charge in [-0.1, -0.05) is 30.3 Å². The maximum absolute atomic E-state index is 4.38. The Morgan fingerprint density at radius 1 is 1.41 bits per heavy atom. The molecule has 2 unspecified atom stereocenters. The number of nitrogens with zero attached hydrogens (tertiary/aromatic N) is 5. The number of aryl methyl sites for hydroxylation is 1. The van der Waals surface area contributed by atoms with Crippen LogP contribution >= 0.6 is 0 Å². The molecule has 0 radical (unpaired) electrons. The van der Waals surface area contributed by atoms with Gasteiger partial charge in [-0.2, -0.15) is 5.10 Å². The molecule has 116 valence electrons. The van der Waals surface area contributed by atoms with E-state index in [4.69, 9.17) is 0 Å². The zero-order valence-corrected chi connectivity index (χ0v) is 13.3. The lowest BCUT2D eigenvalue weighted by atomic mass is 10.1. The summed E-state index contributed by atoms with van der Waals surface area (Å²) in [5, 5.41) is 7.64. The monoisotopic (exact) mass is 298 g/mol. The third-order valence-corrected chi connectivity index (χ3v) is 4.09. The highest BCUT2D eigenvalue weighted by Gasteiger charge is 2.39. The first kappa shape index (κ1) is 14.6. The van der Waals surface area contributed by atoms with Crippen molar-refractivity contribution in [2.75, 3.05) is 14.1 Å². The molecular formula is C16H22N6. The molecule has 0 aliphatic heterocycles. The van der Waals surface area contributed by atoms with Crippen LogP contribution in [0.1, 0.15) is 23.7 Å². The van der Waals surface area contributed by atoms with E-state index in [9.17, 15) is 0 Å². The van der Waals surface area contributed by atoms with E-state index in [1.807, 2.05) is 21.1 Å². The summed E-state index contributed by atoms with van der Waals surface area (Å²) in [6.45, 7) is 0.679. The highest BCUT2D eigenvalue weighted by molar-refractivity contribution is 5.80. The summed E-state index contributed by atoms with van der Waals surface area (Å²) < 4.78 is 1.79. The maximum atomic E-state index is 4.38. The van der Waals surface area contributed by atoms with Crippen LogP contribution in [0.3, 0.4) is 0 Å². The predicted octanol–water partition coefficient (Wildman–Crippen LogP) is 1.38. The van der Waals surface area contributed by atoms with Gasteiger partial charge >= 0.3 is 0 Å². The van der Waals surface area contributed by atoms with Crippen LogP contribution in [0, 0.1) is 0 Å². The fourth-order valence-electron chi connectivity index (χ4n) is 2.68. The van der Waals surface area contributed by atoms with Gasteiger partial charge in [0.1, 0.15) is 12.2 Å². The van der Waals surface area contributed by atoms with Gasteiger partial charge in [0.25, 0.3) is 0 Å². The summed E-state index contributed by atoms with van der Waals surface area (Å²) in [6, 6.07) is 11.1. The molecule has 1 aliphatic carbocycles. The van der Waals surface area contributed by atoms with Crippen LogP contribution in [-0.2, 0) is 13.6 Å². The van der Waals surface area contributed by atoms with E-state index in [2.05, 4.69) is 55.6 Å². The predicted molar refractivity (Wildman–Crippen MR) is 86.6 cm³/mol. The Morgan fingerprint density at radius 3 is 2.82 bits per heavy atom. The molecule has 22 heavy (non-hydrogen) atoms. The first-order valence-corrected chi connectivity index (χ1v) is 7.51. The number of benzene rings is 1. The molecule has 1 saturated carbocycles. The third kappa shape index (κ3) is 3.10. The fourth-order valence-corrected chi connectivity index (χ4v) is 2.68. The summed E-state index contributed by atoms with van der Waals surface area (Å²) in [6.07, 6.45) is 2.73. The van der Waals surface area contributed by atoms with Crippen LogP contribution in [0.25, 0.3) is 0 Å². The minimum Gasteiger partial charge on any atom is -0.353 e. The topological polar surface area (TPSA) is 58.3 Å². The molecule has 1 N–H and O–H groups in total. The van der Waals surface area contributed by atoms with Crippen molar-refractivity contribution in [1.82, 2.24) is 25.0 Å². The quantitative estimate of drug-likeness (QED) is 0.684. The van der Waals surface area contributed by atoms with E-state index in [1.54, 1.807) is 11.0 Å². The van der Waals surface area contributed by atoms with Gasteiger partial charge in [-0.05, 0) is 12.0 Å². The average Bonchev–Trinajstić information content (AvgIpc) is 3.21. The highest BCUT2D eigenvalue weighted by atomic mass is 15.4. The second-order valence-corrected chi connectivity index (χ2v) is 5.71. The Morgan fingerprint density at radius 2 is 2.18 bits per heavy atom. The molecule has 6 heteroatoms.